The van der Waals surface area contributed by atoms with E-state index in [1.165, 1.54) is 36.9 Å². The number of fused-ring (bicyclic) bond motifs is 3. The zero-order valence-electron chi connectivity index (χ0n) is 14.4. The summed E-state index contributed by atoms with van der Waals surface area (Å²) < 4.78 is 0. The molecular weight excluding hydrogens is 332 g/mol. The maximum absolute atomic E-state index is 2.43. The topological polar surface area (TPSA) is 0 Å². The highest BCUT2D eigenvalue weighted by Gasteiger charge is 2.30. The molecular formula is C25H19S+. The molecule has 0 heterocycles. The smallest absolute Gasteiger partial charge is 0.0619 e. The van der Waals surface area contributed by atoms with Gasteiger partial charge in [-0.1, -0.05) is 60.7 Å². The van der Waals surface area contributed by atoms with Gasteiger partial charge in [-0.15, -0.1) is 0 Å². The minimum atomic E-state index is -0.0723. The van der Waals surface area contributed by atoms with Gasteiger partial charge in [0.25, 0.3) is 0 Å². The van der Waals surface area contributed by atoms with Crippen molar-refractivity contribution in [2.75, 3.05) is 0 Å². The molecule has 5 rings (SSSR count). The van der Waals surface area contributed by atoms with E-state index in [-0.39, 0.29) is 10.9 Å². The van der Waals surface area contributed by atoms with Gasteiger partial charge < -0.3 is 0 Å². The van der Waals surface area contributed by atoms with Crippen LogP contribution in [-0.4, -0.2) is 0 Å². The Bertz CT molecular complexity index is 1010. The van der Waals surface area contributed by atoms with Crippen molar-refractivity contribution in [2.24, 2.45) is 0 Å². The van der Waals surface area contributed by atoms with Crippen molar-refractivity contribution in [2.45, 2.75) is 21.1 Å². The van der Waals surface area contributed by atoms with E-state index in [1.54, 1.807) is 0 Å². The van der Waals surface area contributed by atoms with E-state index in [1.807, 2.05) is 0 Å². The number of hydrogen-bond donors (Lipinski definition) is 0. The molecule has 0 atom stereocenters. The van der Waals surface area contributed by atoms with Gasteiger partial charge in [-0.2, -0.15) is 0 Å². The van der Waals surface area contributed by atoms with Crippen LogP contribution in [0.5, 0.6) is 0 Å². The summed E-state index contributed by atoms with van der Waals surface area (Å²) in [7, 11) is -0.0723. The van der Waals surface area contributed by atoms with Crippen molar-refractivity contribution >= 4 is 10.9 Å². The highest BCUT2D eigenvalue weighted by Crippen LogP contribution is 2.39. The van der Waals surface area contributed by atoms with Crippen LogP contribution in [0.4, 0.5) is 0 Å². The minimum Gasteiger partial charge on any atom is -0.0619 e. The Morgan fingerprint density at radius 2 is 1.04 bits per heavy atom. The van der Waals surface area contributed by atoms with Gasteiger partial charge in [0, 0.05) is 0 Å². The third-order valence-corrected chi connectivity index (χ3v) is 7.17. The van der Waals surface area contributed by atoms with Gasteiger partial charge in [-0.05, 0) is 71.1 Å². The fourth-order valence-corrected chi connectivity index (χ4v) is 5.91. The van der Waals surface area contributed by atoms with Crippen LogP contribution >= 0.6 is 0 Å². The van der Waals surface area contributed by atoms with Crippen LogP contribution in [0, 0.1) is 0 Å². The minimum absolute atomic E-state index is 0.0723. The Morgan fingerprint density at radius 3 is 1.73 bits per heavy atom. The van der Waals surface area contributed by atoms with Crippen LogP contribution in [0.3, 0.4) is 0 Å². The van der Waals surface area contributed by atoms with Crippen molar-refractivity contribution in [1.82, 2.24) is 0 Å². The third-order valence-electron chi connectivity index (χ3n) is 4.96. The van der Waals surface area contributed by atoms with Crippen molar-refractivity contribution in [3.63, 3.8) is 0 Å². The molecule has 124 valence electrons. The maximum atomic E-state index is 2.43. The fourth-order valence-electron chi connectivity index (χ4n) is 3.77. The first kappa shape index (κ1) is 15.5. The van der Waals surface area contributed by atoms with E-state index >= 15 is 0 Å². The summed E-state index contributed by atoms with van der Waals surface area (Å²) in [6, 6.07) is 37.6. The van der Waals surface area contributed by atoms with Gasteiger partial charge in [0.2, 0.25) is 0 Å². The second-order valence-electron chi connectivity index (χ2n) is 6.59. The molecule has 0 aromatic heterocycles. The quantitative estimate of drug-likeness (QED) is 0.332. The maximum Gasteiger partial charge on any atom is 0.166 e. The normalized spacial score (nSPS) is 12.0. The van der Waals surface area contributed by atoms with Gasteiger partial charge >= 0.3 is 0 Å². The Labute approximate surface area is 157 Å². The largest absolute Gasteiger partial charge is 0.166 e. The van der Waals surface area contributed by atoms with Crippen LogP contribution in [-0.2, 0) is 17.3 Å². The SMILES string of the molecule is c1ccc([S+](c2ccccc2)c2ccc3c(c2)Cc2ccccc2-3)cc1. The molecule has 0 nitrogen and oxygen atoms in total. The van der Waals surface area contributed by atoms with Crippen molar-refractivity contribution in [3.8, 4) is 11.1 Å². The molecule has 0 unspecified atom stereocenters. The molecule has 1 aliphatic carbocycles. The van der Waals surface area contributed by atoms with Crippen molar-refractivity contribution in [3.05, 3.63) is 114 Å². The predicted molar refractivity (Wildman–Crippen MR) is 110 cm³/mol. The molecule has 26 heavy (non-hydrogen) atoms. The Balaban J connectivity index is 1.64. The number of rotatable bonds is 3. The third kappa shape index (κ3) is 2.65. The van der Waals surface area contributed by atoms with Crippen LogP contribution in [0.15, 0.2) is 118 Å². The monoisotopic (exact) mass is 351 g/mol. The average molecular weight is 351 g/mol. The predicted octanol–water partition coefficient (Wildman–Crippen LogP) is 6.35. The lowest BCUT2D eigenvalue weighted by Crippen LogP contribution is -2.05. The van der Waals surface area contributed by atoms with Crippen LogP contribution in [0.2, 0.25) is 0 Å². The van der Waals surface area contributed by atoms with E-state index in [0.29, 0.717) is 0 Å². The lowest BCUT2D eigenvalue weighted by Gasteiger charge is -2.09. The summed E-state index contributed by atoms with van der Waals surface area (Å²) in [5, 5.41) is 0. The molecule has 0 saturated carbocycles. The first-order chi connectivity index (χ1) is 12.9. The Morgan fingerprint density at radius 1 is 0.462 bits per heavy atom. The summed E-state index contributed by atoms with van der Waals surface area (Å²) in [5.41, 5.74) is 5.69. The fraction of sp³-hybridized carbons (Fsp3) is 0.0400. The van der Waals surface area contributed by atoms with E-state index in [2.05, 4.69) is 103 Å². The average Bonchev–Trinajstić information content (AvgIpc) is 3.08. The summed E-state index contributed by atoms with van der Waals surface area (Å²) in [6.07, 6.45) is 1.04. The molecule has 0 fully saturated rings. The molecule has 0 aliphatic heterocycles. The zero-order valence-corrected chi connectivity index (χ0v) is 15.2. The molecule has 4 aromatic carbocycles. The summed E-state index contributed by atoms with van der Waals surface area (Å²) in [6.45, 7) is 0. The lowest BCUT2D eigenvalue weighted by molar-refractivity contribution is 1.22. The summed E-state index contributed by atoms with van der Waals surface area (Å²) >= 11 is 0. The van der Waals surface area contributed by atoms with E-state index in [4.69, 9.17) is 0 Å². The molecule has 4 aromatic rings. The number of hydrogen-bond acceptors (Lipinski definition) is 0. The molecule has 1 aliphatic rings. The Kier molecular flexibility index (Phi) is 3.88. The van der Waals surface area contributed by atoms with E-state index < -0.39 is 0 Å². The lowest BCUT2D eigenvalue weighted by atomic mass is 10.1. The van der Waals surface area contributed by atoms with Gasteiger partial charge in [-0.3, -0.25) is 0 Å². The van der Waals surface area contributed by atoms with Gasteiger partial charge in [0.05, 0.1) is 10.9 Å². The van der Waals surface area contributed by atoms with E-state index in [0.717, 1.165) is 6.42 Å². The standard InChI is InChI=1S/C25H19S/c1-3-10-21(11-4-1)26(22-12-5-2-6-13-22)23-15-16-25-20(18-23)17-19-9-7-8-14-24(19)25/h1-16,18H,17H2/q+1. The molecule has 0 amide bonds. The highest BCUT2D eigenvalue weighted by atomic mass is 32.2. The zero-order chi connectivity index (χ0) is 17.3. The van der Waals surface area contributed by atoms with Crippen LogP contribution < -0.4 is 0 Å². The first-order valence-electron chi connectivity index (χ1n) is 8.96. The van der Waals surface area contributed by atoms with Gasteiger partial charge in [0.1, 0.15) is 0 Å². The molecule has 1 heteroatoms. The Hall–Kier alpha value is -2.77. The first-order valence-corrected chi connectivity index (χ1v) is 10.2. The van der Waals surface area contributed by atoms with Gasteiger partial charge in [0.15, 0.2) is 14.7 Å². The summed E-state index contributed by atoms with van der Waals surface area (Å²) in [4.78, 5) is 4.14. The molecule has 0 spiro atoms. The highest BCUT2D eigenvalue weighted by molar-refractivity contribution is 7.97. The van der Waals surface area contributed by atoms with E-state index in [9.17, 15) is 0 Å². The summed E-state index contributed by atoms with van der Waals surface area (Å²) in [5.74, 6) is 0. The second-order valence-corrected chi connectivity index (χ2v) is 8.61. The molecule has 0 saturated heterocycles. The van der Waals surface area contributed by atoms with Gasteiger partial charge in [-0.25, -0.2) is 0 Å². The molecule has 0 radical (unpaired) electrons. The van der Waals surface area contributed by atoms with Crippen LogP contribution in [0.25, 0.3) is 11.1 Å². The van der Waals surface area contributed by atoms with Crippen molar-refractivity contribution in [1.29, 1.82) is 0 Å². The molecule has 0 N–H and O–H groups in total. The van der Waals surface area contributed by atoms with Crippen LogP contribution in [0.1, 0.15) is 11.1 Å². The molecule has 0 bridgehead atoms. The van der Waals surface area contributed by atoms with Crippen molar-refractivity contribution < 1.29 is 0 Å². The number of benzene rings is 4. The second kappa shape index (κ2) is 6.51.